The van der Waals surface area contributed by atoms with E-state index >= 15 is 0 Å². The summed E-state index contributed by atoms with van der Waals surface area (Å²) in [6.45, 7) is 5.61. The number of ether oxygens (including phenoxy) is 1. The van der Waals surface area contributed by atoms with Gasteiger partial charge in [-0.15, -0.1) is 0 Å². The van der Waals surface area contributed by atoms with Crippen LogP contribution in [-0.4, -0.2) is 12.9 Å². The number of benzene rings is 1. The number of hydrogen-bond acceptors (Lipinski definition) is 2. The van der Waals surface area contributed by atoms with E-state index in [0.29, 0.717) is 16.4 Å². The molecule has 1 saturated carbocycles. The number of rotatable bonds is 9. The SMILES string of the molecule is C[C@@]1(CCCCCCOc2ccc(C=O)cc2)C=C[C@]2(C)CC12. The highest BCUT2D eigenvalue weighted by Gasteiger charge is 2.59. The first-order chi connectivity index (χ1) is 11.1. The van der Waals surface area contributed by atoms with Gasteiger partial charge in [0.25, 0.3) is 0 Å². The zero-order valence-corrected chi connectivity index (χ0v) is 14.4. The van der Waals surface area contributed by atoms with E-state index in [-0.39, 0.29) is 0 Å². The molecule has 1 fully saturated rings. The summed E-state index contributed by atoms with van der Waals surface area (Å²) >= 11 is 0. The lowest BCUT2D eigenvalue weighted by atomic mass is 9.81. The van der Waals surface area contributed by atoms with Gasteiger partial charge in [0.05, 0.1) is 6.61 Å². The molecule has 0 radical (unpaired) electrons. The van der Waals surface area contributed by atoms with Crippen LogP contribution < -0.4 is 4.74 Å². The second-order valence-electron chi connectivity index (χ2n) is 7.80. The maximum Gasteiger partial charge on any atom is 0.150 e. The number of hydrogen-bond donors (Lipinski definition) is 0. The number of fused-ring (bicyclic) bond motifs is 1. The fourth-order valence-electron chi connectivity index (χ4n) is 4.10. The van der Waals surface area contributed by atoms with Crippen LogP contribution in [-0.2, 0) is 0 Å². The number of carbonyl (C=O) groups excluding carboxylic acids is 1. The van der Waals surface area contributed by atoms with E-state index in [0.717, 1.165) is 31.0 Å². The van der Waals surface area contributed by atoms with Crippen molar-refractivity contribution in [1.82, 2.24) is 0 Å². The van der Waals surface area contributed by atoms with Crippen LogP contribution in [0.5, 0.6) is 5.75 Å². The highest BCUT2D eigenvalue weighted by atomic mass is 16.5. The summed E-state index contributed by atoms with van der Waals surface area (Å²) in [7, 11) is 0. The molecule has 2 heteroatoms. The number of allylic oxidation sites excluding steroid dienone is 2. The normalized spacial score (nSPS) is 31.0. The first-order valence-electron chi connectivity index (χ1n) is 8.94. The Morgan fingerprint density at radius 2 is 1.83 bits per heavy atom. The summed E-state index contributed by atoms with van der Waals surface area (Å²) in [5, 5.41) is 0. The summed E-state index contributed by atoms with van der Waals surface area (Å²) in [5.74, 6) is 1.76. The maximum atomic E-state index is 10.6. The fourth-order valence-corrected chi connectivity index (χ4v) is 4.10. The summed E-state index contributed by atoms with van der Waals surface area (Å²) in [5.41, 5.74) is 1.70. The van der Waals surface area contributed by atoms with Gasteiger partial charge in [-0.05, 0) is 60.3 Å². The van der Waals surface area contributed by atoms with E-state index in [1.54, 1.807) is 12.1 Å². The first kappa shape index (κ1) is 16.3. The van der Waals surface area contributed by atoms with Crippen LogP contribution >= 0.6 is 0 Å². The van der Waals surface area contributed by atoms with Crippen LogP contribution in [0.1, 0.15) is 62.7 Å². The van der Waals surface area contributed by atoms with Crippen molar-refractivity contribution in [3.8, 4) is 5.75 Å². The van der Waals surface area contributed by atoms with Gasteiger partial charge in [-0.1, -0.05) is 45.3 Å². The molecule has 0 amide bonds. The number of carbonyl (C=O) groups is 1. The predicted octanol–water partition coefficient (Wildman–Crippen LogP) is 5.43. The predicted molar refractivity (Wildman–Crippen MR) is 93.9 cm³/mol. The van der Waals surface area contributed by atoms with Gasteiger partial charge in [0.15, 0.2) is 0 Å². The topological polar surface area (TPSA) is 26.3 Å². The minimum absolute atomic E-state index is 0.464. The molecule has 0 aliphatic heterocycles. The molecule has 2 aliphatic rings. The molecule has 23 heavy (non-hydrogen) atoms. The van der Waals surface area contributed by atoms with Crippen LogP contribution in [0.4, 0.5) is 0 Å². The van der Waals surface area contributed by atoms with E-state index in [4.69, 9.17) is 4.74 Å². The quantitative estimate of drug-likeness (QED) is 0.345. The van der Waals surface area contributed by atoms with E-state index in [1.807, 2.05) is 12.1 Å². The van der Waals surface area contributed by atoms with Crippen molar-refractivity contribution in [2.45, 2.75) is 52.4 Å². The zero-order valence-electron chi connectivity index (χ0n) is 14.4. The van der Waals surface area contributed by atoms with Crippen LogP contribution in [0.15, 0.2) is 36.4 Å². The highest BCUT2D eigenvalue weighted by Crippen LogP contribution is 2.68. The standard InChI is InChI=1S/C21H28O2/c1-20(12-13-21(2)15-19(20)21)11-5-3-4-6-14-23-18-9-7-17(16-22)8-10-18/h7-10,12-13,16,19H,3-6,11,14-15H2,1-2H3/t19?,20-,21-/m1/s1. The lowest BCUT2D eigenvalue weighted by Crippen LogP contribution is -2.14. The van der Waals surface area contributed by atoms with Crippen molar-refractivity contribution in [3.05, 3.63) is 42.0 Å². The molecular weight excluding hydrogens is 284 g/mol. The highest BCUT2D eigenvalue weighted by molar-refractivity contribution is 5.74. The second kappa shape index (κ2) is 6.51. The minimum Gasteiger partial charge on any atom is -0.494 e. The van der Waals surface area contributed by atoms with Gasteiger partial charge in [0.1, 0.15) is 12.0 Å². The summed E-state index contributed by atoms with van der Waals surface area (Å²) in [4.78, 5) is 10.6. The van der Waals surface area contributed by atoms with Crippen molar-refractivity contribution < 1.29 is 9.53 Å². The van der Waals surface area contributed by atoms with Crippen LogP contribution in [0.3, 0.4) is 0 Å². The van der Waals surface area contributed by atoms with Gasteiger partial charge < -0.3 is 4.74 Å². The van der Waals surface area contributed by atoms with Crippen LogP contribution in [0.2, 0.25) is 0 Å². The zero-order chi connectivity index (χ0) is 16.3. The van der Waals surface area contributed by atoms with Gasteiger partial charge in [0.2, 0.25) is 0 Å². The monoisotopic (exact) mass is 312 g/mol. The minimum atomic E-state index is 0.464. The molecule has 2 aliphatic carbocycles. The van der Waals surface area contributed by atoms with Gasteiger partial charge in [0, 0.05) is 5.56 Å². The maximum absolute atomic E-state index is 10.6. The molecule has 0 heterocycles. The Balaban J connectivity index is 1.26. The molecule has 1 aromatic rings. The molecule has 1 aromatic carbocycles. The van der Waals surface area contributed by atoms with Crippen LogP contribution in [0, 0.1) is 16.7 Å². The molecule has 3 rings (SSSR count). The van der Waals surface area contributed by atoms with Crippen molar-refractivity contribution >= 4 is 6.29 Å². The molecule has 0 N–H and O–H groups in total. The molecule has 0 bridgehead atoms. The van der Waals surface area contributed by atoms with Crippen molar-refractivity contribution in [3.63, 3.8) is 0 Å². The van der Waals surface area contributed by atoms with Gasteiger partial charge >= 0.3 is 0 Å². The van der Waals surface area contributed by atoms with E-state index in [9.17, 15) is 4.79 Å². The molecular formula is C21H28O2. The molecule has 2 nitrogen and oxygen atoms in total. The summed E-state index contributed by atoms with van der Waals surface area (Å²) in [6.07, 6.45) is 13.5. The molecule has 124 valence electrons. The van der Waals surface area contributed by atoms with E-state index in [1.165, 1.54) is 32.1 Å². The molecule has 0 saturated heterocycles. The summed E-state index contributed by atoms with van der Waals surface area (Å²) in [6, 6.07) is 7.32. The Morgan fingerprint density at radius 1 is 1.09 bits per heavy atom. The number of aldehydes is 1. The Bertz CT molecular complexity index is 574. The third-order valence-electron chi connectivity index (χ3n) is 5.82. The van der Waals surface area contributed by atoms with Gasteiger partial charge in [-0.25, -0.2) is 0 Å². The van der Waals surface area contributed by atoms with Gasteiger partial charge in [-0.2, -0.15) is 0 Å². The molecule has 1 unspecified atom stereocenters. The van der Waals surface area contributed by atoms with Crippen LogP contribution in [0.25, 0.3) is 0 Å². The Labute approximate surface area is 139 Å². The lowest BCUT2D eigenvalue weighted by molar-refractivity contribution is 0.112. The number of unbranched alkanes of at least 4 members (excludes halogenated alkanes) is 3. The second-order valence-corrected chi connectivity index (χ2v) is 7.80. The van der Waals surface area contributed by atoms with E-state index in [2.05, 4.69) is 26.0 Å². The van der Waals surface area contributed by atoms with E-state index < -0.39 is 0 Å². The fraction of sp³-hybridized carbons (Fsp3) is 0.571. The third kappa shape index (κ3) is 3.68. The molecule has 0 aromatic heterocycles. The third-order valence-corrected chi connectivity index (χ3v) is 5.82. The Kier molecular flexibility index (Phi) is 4.61. The van der Waals surface area contributed by atoms with Crippen molar-refractivity contribution in [2.75, 3.05) is 6.61 Å². The lowest BCUT2D eigenvalue weighted by Gasteiger charge is -2.24. The average molecular weight is 312 g/mol. The Hall–Kier alpha value is -1.57. The first-order valence-corrected chi connectivity index (χ1v) is 8.94. The van der Waals surface area contributed by atoms with Gasteiger partial charge in [-0.3, -0.25) is 4.79 Å². The molecule has 0 spiro atoms. The average Bonchev–Trinajstić information content (AvgIpc) is 3.19. The summed E-state index contributed by atoms with van der Waals surface area (Å²) < 4.78 is 5.72. The largest absolute Gasteiger partial charge is 0.494 e. The molecule has 3 atom stereocenters. The Morgan fingerprint density at radius 3 is 2.43 bits per heavy atom. The van der Waals surface area contributed by atoms with Crippen molar-refractivity contribution in [2.24, 2.45) is 16.7 Å². The van der Waals surface area contributed by atoms with Crippen molar-refractivity contribution in [1.29, 1.82) is 0 Å². The smallest absolute Gasteiger partial charge is 0.150 e.